The number of thiophene rings is 1. The molecule has 1 nitrogen and oxygen atoms in total. The number of hydrogen-bond donors (Lipinski definition) is 1. The average Bonchev–Trinajstić information content (AvgIpc) is 2.36. The van der Waals surface area contributed by atoms with Gasteiger partial charge in [0.05, 0.1) is 0 Å². The molecule has 0 bridgehead atoms. The minimum Gasteiger partial charge on any atom is -0.324 e. The Labute approximate surface area is 72.2 Å². The maximum atomic E-state index is 5.96. The first-order valence-corrected chi connectivity index (χ1v) is 4.98. The van der Waals surface area contributed by atoms with Gasteiger partial charge in [0.2, 0.25) is 0 Å². The molecule has 0 aliphatic carbocycles. The van der Waals surface area contributed by atoms with Crippen molar-refractivity contribution in [1.29, 1.82) is 0 Å². The van der Waals surface area contributed by atoms with E-state index in [0.29, 0.717) is 0 Å². The lowest BCUT2D eigenvalue weighted by Gasteiger charge is -2.08. The molecule has 0 radical (unpaired) electrons. The van der Waals surface area contributed by atoms with Crippen LogP contribution in [0.15, 0.2) is 10.8 Å². The van der Waals surface area contributed by atoms with Crippen molar-refractivity contribution in [2.24, 2.45) is 5.73 Å². The van der Waals surface area contributed by atoms with E-state index >= 15 is 0 Å². The summed E-state index contributed by atoms with van der Waals surface area (Å²) in [6.07, 6.45) is 2.26. The normalized spacial score (nSPS) is 13.4. The Balaban J connectivity index is 2.67. The number of aryl methyl sites for hydroxylation is 1. The standard InChI is InChI=1S/C9H15NS/c1-3-4-9(10)8-6-11-5-7(8)2/h5-6,9H,3-4,10H2,1-2H3/t9-/m0/s1. The van der Waals surface area contributed by atoms with Crippen LogP contribution in [0.25, 0.3) is 0 Å². The van der Waals surface area contributed by atoms with Crippen molar-refractivity contribution < 1.29 is 0 Å². The lowest BCUT2D eigenvalue weighted by Crippen LogP contribution is -2.09. The molecule has 0 saturated heterocycles. The van der Waals surface area contributed by atoms with E-state index in [1.54, 1.807) is 11.3 Å². The third kappa shape index (κ3) is 2.04. The van der Waals surface area contributed by atoms with Crippen LogP contribution in [-0.4, -0.2) is 0 Å². The fourth-order valence-electron chi connectivity index (χ4n) is 1.22. The third-order valence-corrected chi connectivity index (χ3v) is 2.77. The maximum Gasteiger partial charge on any atom is 0.0305 e. The largest absolute Gasteiger partial charge is 0.324 e. The van der Waals surface area contributed by atoms with E-state index in [9.17, 15) is 0 Å². The predicted molar refractivity (Wildman–Crippen MR) is 50.9 cm³/mol. The zero-order valence-corrected chi connectivity index (χ0v) is 7.95. The van der Waals surface area contributed by atoms with Crippen LogP contribution in [0.3, 0.4) is 0 Å². The Bertz CT molecular complexity index is 217. The van der Waals surface area contributed by atoms with Crippen molar-refractivity contribution >= 4 is 11.3 Å². The van der Waals surface area contributed by atoms with E-state index in [1.807, 2.05) is 0 Å². The summed E-state index contributed by atoms with van der Waals surface area (Å²) in [5, 5.41) is 4.32. The summed E-state index contributed by atoms with van der Waals surface area (Å²) in [6.45, 7) is 4.29. The average molecular weight is 169 g/mol. The molecule has 11 heavy (non-hydrogen) atoms. The Hall–Kier alpha value is -0.340. The van der Waals surface area contributed by atoms with Crippen LogP contribution in [0.4, 0.5) is 0 Å². The van der Waals surface area contributed by atoms with E-state index in [2.05, 4.69) is 24.6 Å². The van der Waals surface area contributed by atoms with Crippen molar-refractivity contribution in [2.75, 3.05) is 0 Å². The molecule has 1 atom stereocenters. The van der Waals surface area contributed by atoms with Crippen LogP contribution in [0.5, 0.6) is 0 Å². The lowest BCUT2D eigenvalue weighted by molar-refractivity contribution is 0.637. The van der Waals surface area contributed by atoms with E-state index in [0.717, 1.165) is 12.8 Å². The quantitative estimate of drug-likeness (QED) is 0.739. The molecule has 1 rings (SSSR count). The molecule has 1 aromatic heterocycles. The molecule has 0 aromatic carbocycles. The highest BCUT2D eigenvalue weighted by molar-refractivity contribution is 7.08. The molecule has 0 aliphatic rings. The first-order chi connectivity index (χ1) is 5.25. The van der Waals surface area contributed by atoms with Gasteiger partial charge in [-0.05, 0) is 35.2 Å². The van der Waals surface area contributed by atoms with Crippen molar-refractivity contribution in [3.05, 3.63) is 21.9 Å². The fourth-order valence-corrected chi connectivity index (χ4v) is 2.13. The zero-order valence-electron chi connectivity index (χ0n) is 7.13. The molecule has 0 spiro atoms. The van der Waals surface area contributed by atoms with Gasteiger partial charge in [-0.2, -0.15) is 11.3 Å². The Morgan fingerprint density at radius 2 is 2.27 bits per heavy atom. The lowest BCUT2D eigenvalue weighted by atomic mass is 10.0. The summed E-state index contributed by atoms with van der Waals surface area (Å²) in [5.74, 6) is 0. The highest BCUT2D eigenvalue weighted by atomic mass is 32.1. The van der Waals surface area contributed by atoms with Crippen molar-refractivity contribution in [2.45, 2.75) is 32.7 Å². The highest BCUT2D eigenvalue weighted by Gasteiger charge is 2.07. The minimum atomic E-state index is 0.256. The van der Waals surface area contributed by atoms with Gasteiger partial charge in [0.25, 0.3) is 0 Å². The van der Waals surface area contributed by atoms with Crippen LogP contribution >= 0.6 is 11.3 Å². The molecule has 1 aromatic rings. The molecule has 0 saturated carbocycles. The molecule has 2 N–H and O–H groups in total. The molecular formula is C9H15NS. The number of rotatable bonds is 3. The summed E-state index contributed by atoms with van der Waals surface area (Å²) in [4.78, 5) is 0. The van der Waals surface area contributed by atoms with Gasteiger partial charge in [-0.15, -0.1) is 0 Å². The van der Waals surface area contributed by atoms with Crippen LogP contribution in [0.2, 0.25) is 0 Å². The van der Waals surface area contributed by atoms with Crippen molar-refractivity contribution in [1.82, 2.24) is 0 Å². The van der Waals surface area contributed by atoms with Gasteiger partial charge in [0.15, 0.2) is 0 Å². The third-order valence-electron chi connectivity index (χ3n) is 1.89. The maximum absolute atomic E-state index is 5.96. The molecule has 62 valence electrons. The SMILES string of the molecule is CCC[C@H](N)c1cscc1C. The van der Waals surface area contributed by atoms with Gasteiger partial charge in [-0.1, -0.05) is 13.3 Å². The minimum absolute atomic E-state index is 0.256. The molecular weight excluding hydrogens is 154 g/mol. The monoisotopic (exact) mass is 169 g/mol. The molecule has 2 heteroatoms. The molecule has 1 heterocycles. The summed E-state index contributed by atoms with van der Waals surface area (Å²) < 4.78 is 0. The fraction of sp³-hybridized carbons (Fsp3) is 0.556. The van der Waals surface area contributed by atoms with Gasteiger partial charge < -0.3 is 5.73 Å². The first-order valence-electron chi connectivity index (χ1n) is 4.04. The highest BCUT2D eigenvalue weighted by Crippen LogP contribution is 2.22. The van der Waals surface area contributed by atoms with Gasteiger partial charge >= 0.3 is 0 Å². The number of hydrogen-bond acceptors (Lipinski definition) is 2. The Morgan fingerprint density at radius 3 is 2.73 bits per heavy atom. The van der Waals surface area contributed by atoms with Crippen LogP contribution in [-0.2, 0) is 0 Å². The molecule has 0 unspecified atom stereocenters. The Kier molecular flexibility index (Phi) is 3.09. The van der Waals surface area contributed by atoms with E-state index < -0.39 is 0 Å². The molecule has 0 aliphatic heterocycles. The molecule has 0 amide bonds. The van der Waals surface area contributed by atoms with Gasteiger partial charge in [-0.25, -0.2) is 0 Å². The van der Waals surface area contributed by atoms with Gasteiger partial charge in [0.1, 0.15) is 0 Å². The van der Waals surface area contributed by atoms with E-state index in [4.69, 9.17) is 5.73 Å². The summed E-state index contributed by atoms with van der Waals surface area (Å²) in [6, 6.07) is 0.256. The van der Waals surface area contributed by atoms with Crippen LogP contribution in [0.1, 0.15) is 36.9 Å². The van der Waals surface area contributed by atoms with Gasteiger partial charge in [-0.3, -0.25) is 0 Å². The predicted octanol–water partition coefficient (Wildman–Crippen LogP) is 2.86. The topological polar surface area (TPSA) is 26.0 Å². The van der Waals surface area contributed by atoms with Crippen molar-refractivity contribution in [3.8, 4) is 0 Å². The summed E-state index contributed by atoms with van der Waals surface area (Å²) in [5.41, 5.74) is 8.63. The van der Waals surface area contributed by atoms with Gasteiger partial charge in [0, 0.05) is 6.04 Å². The first kappa shape index (κ1) is 8.75. The Morgan fingerprint density at radius 1 is 1.55 bits per heavy atom. The smallest absolute Gasteiger partial charge is 0.0305 e. The zero-order chi connectivity index (χ0) is 8.27. The van der Waals surface area contributed by atoms with Crippen LogP contribution < -0.4 is 5.73 Å². The van der Waals surface area contributed by atoms with Crippen LogP contribution in [0, 0.1) is 6.92 Å². The van der Waals surface area contributed by atoms with Crippen molar-refractivity contribution in [3.63, 3.8) is 0 Å². The second-order valence-corrected chi connectivity index (χ2v) is 3.65. The number of nitrogens with two attached hydrogens (primary N) is 1. The second kappa shape index (κ2) is 3.88. The summed E-state index contributed by atoms with van der Waals surface area (Å²) in [7, 11) is 0. The second-order valence-electron chi connectivity index (χ2n) is 2.91. The molecule has 0 fully saturated rings. The van der Waals surface area contributed by atoms with E-state index in [-0.39, 0.29) is 6.04 Å². The summed E-state index contributed by atoms with van der Waals surface area (Å²) >= 11 is 1.74. The van der Waals surface area contributed by atoms with E-state index in [1.165, 1.54) is 11.1 Å².